The number of amides is 4. The van der Waals surface area contributed by atoms with E-state index in [1.165, 1.54) is 47.7 Å². The van der Waals surface area contributed by atoms with Crippen LogP contribution in [0, 0.1) is 30.9 Å². The number of likely N-dealkylation sites (tertiary alicyclic amines) is 1. The van der Waals surface area contributed by atoms with Gasteiger partial charge in [0.2, 0.25) is 17.7 Å². The Labute approximate surface area is 513 Å². The fraction of sp³-hybridized carbons (Fsp3) is 0.414. The molecule has 22 nitrogen and oxygen atoms in total. The summed E-state index contributed by atoms with van der Waals surface area (Å²) < 4.78 is 93.2. The van der Waals surface area contributed by atoms with Crippen LogP contribution in [0.15, 0.2) is 84.6 Å². The highest BCUT2D eigenvalue weighted by Gasteiger charge is 2.51. The lowest BCUT2D eigenvalue weighted by Crippen LogP contribution is -2.57. The van der Waals surface area contributed by atoms with Gasteiger partial charge in [-0.15, -0.1) is 16.4 Å². The predicted molar refractivity (Wildman–Crippen MR) is 307 cm³/mol. The van der Waals surface area contributed by atoms with Crippen molar-refractivity contribution >= 4 is 58.2 Å². The fourth-order valence-corrected chi connectivity index (χ4v) is 11.8. The van der Waals surface area contributed by atoms with Crippen molar-refractivity contribution in [2.75, 3.05) is 19.8 Å². The lowest BCUT2D eigenvalue weighted by Gasteiger charge is -2.43. The smallest absolute Gasteiger partial charge is 0.418 e. The van der Waals surface area contributed by atoms with Gasteiger partial charge in [-0.25, -0.2) is 33.1 Å². The van der Waals surface area contributed by atoms with Gasteiger partial charge in [0.05, 0.1) is 52.4 Å². The number of carbonyl (C=O) groups excluding carboxylic acids is 4. The van der Waals surface area contributed by atoms with Gasteiger partial charge in [0.25, 0.3) is 5.91 Å². The Balaban J connectivity index is 0.778. The molecule has 6 heterocycles. The summed E-state index contributed by atoms with van der Waals surface area (Å²) in [4.78, 5) is 70.7. The number of ether oxygens (including phenoxy) is 3. The zero-order valence-electron chi connectivity index (χ0n) is 47.6. The number of aliphatic hydroxyl groups is 3. The summed E-state index contributed by atoms with van der Waals surface area (Å²) in [6, 6.07) is 11.1. The number of alkyl halides is 3. The zero-order chi connectivity index (χ0) is 63.1. The summed E-state index contributed by atoms with van der Waals surface area (Å²) in [7, 11) is 0. The molecule has 0 unspecified atom stereocenters. The number of pyridine rings is 1. The number of aromatic nitrogens is 8. The first kappa shape index (κ1) is 63.4. The van der Waals surface area contributed by atoms with Crippen LogP contribution in [0.5, 0.6) is 5.75 Å². The van der Waals surface area contributed by atoms with Crippen LogP contribution >= 0.6 is 34.5 Å². The summed E-state index contributed by atoms with van der Waals surface area (Å²) in [5.41, 5.74) is 1.65. The molecule has 3 aromatic carbocycles. The number of nitrogens with one attached hydrogen (secondary N) is 3. The number of nitrogens with zero attached hydrogens (tertiary/aromatic N) is 9. The molecule has 1 saturated carbocycles. The average Bonchev–Trinajstić information content (AvgIpc) is 1.52. The second-order valence-corrected chi connectivity index (χ2v) is 24.3. The highest BCUT2D eigenvalue weighted by Crippen LogP contribution is 2.43. The minimum absolute atomic E-state index is 0.00614. The molecule has 0 bridgehead atoms. The summed E-state index contributed by atoms with van der Waals surface area (Å²) in [5, 5.41) is 53.0. The topological polar surface area (TPSA) is 283 Å². The largest absolute Gasteiger partial charge is 0.489 e. The second-order valence-electron chi connectivity index (χ2n) is 22.7. The van der Waals surface area contributed by atoms with Crippen LogP contribution < -0.4 is 20.7 Å². The van der Waals surface area contributed by atoms with E-state index in [9.17, 15) is 56.4 Å². The Hall–Kier alpha value is -7.57. The Morgan fingerprint density at radius 2 is 1.66 bits per heavy atom. The fourth-order valence-electron chi connectivity index (χ4n) is 10.7. The molecule has 466 valence electrons. The first-order valence-electron chi connectivity index (χ1n) is 27.7. The number of carbonyl (C=O) groups is 4. The highest BCUT2D eigenvalue weighted by atomic mass is 35.5. The van der Waals surface area contributed by atoms with Gasteiger partial charge < -0.3 is 50.4 Å². The number of hydrogen-bond donors (Lipinski definition) is 6. The van der Waals surface area contributed by atoms with Crippen LogP contribution in [0.4, 0.5) is 22.0 Å². The summed E-state index contributed by atoms with van der Waals surface area (Å²) in [6.07, 6.45) is -9.72. The van der Waals surface area contributed by atoms with E-state index in [2.05, 4.69) is 46.3 Å². The van der Waals surface area contributed by atoms with Crippen LogP contribution in [-0.2, 0) is 36.6 Å². The van der Waals surface area contributed by atoms with Gasteiger partial charge in [0.1, 0.15) is 94.9 Å². The Kier molecular flexibility index (Phi) is 18.7. The summed E-state index contributed by atoms with van der Waals surface area (Å²) in [5.74, 6) is -4.71. The van der Waals surface area contributed by atoms with Crippen molar-refractivity contribution in [3.63, 3.8) is 0 Å². The Morgan fingerprint density at radius 1 is 0.932 bits per heavy atom. The van der Waals surface area contributed by atoms with Crippen LogP contribution in [0.3, 0.4) is 0 Å². The van der Waals surface area contributed by atoms with Crippen molar-refractivity contribution in [1.29, 1.82) is 0 Å². The van der Waals surface area contributed by atoms with Crippen molar-refractivity contribution in [3.8, 4) is 33.1 Å². The molecule has 0 spiro atoms. The number of aliphatic hydroxyl groups excluding tert-OH is 3. The van der Waals surface area contributed by atoms with E-state index in [4.69, 9.17) is 37.4 Å². The molecule has 6 N–H and O–H groups in total. The zero-order valence-corrected chi connectivity index (χ0v) is 49.9. The second kappa shape index (κ2) is 25.9. The predicted octanol–water partition coefficient (Wildman–Crippen LogP) is 6.83. The first-order chi connectivity index (χ1) is 41.7. The third kappa shape index (κ3) is 13.8. The first-order valence-corrected chi connectivity index (χ1v) is 29.3. The highest BCUT2D eigenvalue weighted by molar-refractivity contribution is 7.13. The molecule has 2 aliphatic heterocycles. The molecule has 10 rings (SSSR count). The van der Waals surface area contributed by atoms with E-state index in [1.54, 1.807) is 26.3 Å². The minimum Gasteiger partial charge on any atom is -0.489 e. The molecule has 7 aromatic rings. The van der Waals surface area contributed by atoms with Crippen molar-refractivity contribution in [3.05, 3.63) is 140 Å². The molecule has 30 heteroatoms. The monoisotopic (exact) mass is 1280 g/mol. The third-order valence-corrected chi connectivity index (χ3v) is 16.8. The molecule has 3 fully saturated rings. The number of hydrogen-bond acceptors (Lipinski definition) is 17. The molecule has 1 aliphatic carbocycles. The van der Waals surface area contributed by atoms with Gasteiger partial charge in [-0.05, 0) is 72.9 Å². The number of β-amino-alcohol motifs (C(OH)–C–C–N with tert-alkyl or cyclic N) is 1. The standard InChI is InChI=1S/C58H59Cl2F5N12O10S/c1-27-51(88-26-68-27)30-8-6-29(7-9-30)20-67-55(83)43-19-34(79)22-75(43)56(84)52(57(3,4)5)71-54(82)40-13-11-35(21-66-40)86-36-17-33(18-36)70-45(80)25-85-49-47(76-23-41(72-74-76)31-14-38(61)46(60)39(62)15-31)48(81)44(24-78)87-50(49)53-69-28(2)73-77(53)42-16-32(59)10-12-37(42)58(63,64)65/h6-16,21,23,26,33-34,36,43-44,47-50,52,78-79,81H,17-20,22,24-25H2,1-5H3,(H,67,83)(H,70,80)(H,71,82)/t33?,34-,36?,43+,44-,47+,48+,49-,50-,52-/m1/s1. The SMILES string of the molecule is Cc1nc([C@@H]2O[C@H](CO)[C@H](O)[C@H](n3cc(-c4cc(F)c(Cl)c(F)c4)nn3)[C@H]2OCC(=O)NC2CC(Oc3ccc(C(=O)N[C@H](C(=O)N4C[C@H](O)C[C@H]4C(=O)NCc4ccc(-c5scnc5C)cc4)C(C)(C)C)nc3)C2)n(-c2cc(Cl)ccc2C(F)(F)F)n1. The maximum absolute atomic E-state index is 14.6. The van der Waals surface area contributed by atoms with Crippen molar-refractivity contribution < 1.29 is 70.7 Å². The molecule has 4 amide bonds. The average molecular weight is 1280 g/mol. The number of aryl methyl sites for hydroxylation is 2. The number of benzene rings is 3. The molecule has 4 aromatic heterocycles. The molecular weight excluding hydrogens is 1220 g/mol. The summed E-state index contributed by atoms with van der Waals surface area (Å²) >= 11 is 13.5. The van der Waals surface area contributed by atoms with E-state index in [-0.39, 0.29) is 58.9 Å². The van der Waals surface area contributed by atoms with Crippen LogP contribution in [0.25, 0.3) is 27.4 Å². The van der Waals surface area contributed by atoms with E-state index < -0.39 is 137 Å². The van der Waals surface area contributed by atoms with Crippen LogP contribution in [0.1, 0.15) is 91.1 Å². The number of rotatable bonds is 18. The van der Waals surface area contributed by atoms with E-state index in [0.717, 1.165) is 61.4 Å². The van der Waals surface area contributed by atoms with Gasteiger partial charge in [-0.1, -0.05) is 73.5 Å². The Bertz CT molecular complexity index is 3690. The van der Waals surface area contributed by atoms with E-state index in [0.29, 0.717) is 12.8 Å². The van der Waals surface area contributed by atoms with Crippen molar-refractivity contribution in [1.82, 2.24) is 60.6 Å². The number of halogens is 7. The molecule has 0 radical (unpaired) electrons. The minimum atomic E-state index is -4.93. The quantitative estimate of drug-likeness (QED) is 0.0379. The Morgan fingerprint density at radius 3 is 2.31 bits per heavy atom. The maximum Gasteiger partial charge on any atom is 0.418 e. The lowest BCUT2D eigenvalue weighted by atomic mass is 9.85. The van der Waals surface area contributed by atoms with Crippen LogP contribution in [0.2, 0.25) is 10.0 Å². The van der Waals surface area contributed by atoms with Gasteiger partial charge in [-0.2, -0.15) is 18.3 Å². The van der Waals surface area contributed by atoms with E-state index in [1.807, 2.05) is 31.2 Å². The molecular formula is C58H59Cl2F5N12O10S. The maximum atomic E-state index is 14.6. The summed E-state index contributed by atoms with van der Waals surface area (Å²) in [6.45, 7) is 7.03. The van der Waals surface area contributed by atoms with Gasteiger partial charge in [0, 0.05) is 49.0 Å². The van der Waals surface area contributed by atoms with Gasteiger partial charge in [0.15, 0.2) is 5.82 Å². The molecule has 2 saturated heterocycles. The molecule has 3 aliphatic rings. The van der Waals surface area contributed by atoms with Crippen molar-refractivity contribution in [2.45, 2.75) is 127 Å². The normalized spacial score (nSPS) is 22.4. The van der Waals surface area contributed by atoms with E-state index >= 15 is 0 Å². The van der Waals surface area contributed by atoms with Gasteiger partial charge >= 0.3 is 6.18 Å². The van der Waals surface area contributed by atoms with Gasteiger partial charge in [-0.3, -0.25) is 19.2 Å². The van der Waals surface area contributed by atoms with Crippen LogP contribution in [-0.4, -0.2) is 152 Å². The molecule has 88 heavy (non-hydrogen) atoms. The third-order valence-electron chi connectivity index (χ3n) is 15.3. The lowest BCUT2D eigenvalue weighted by molar-refractivity contribution is -0.223. The van der Waals surface area contributed by atoms with Crippen molar-refractivity contribution in [2.24, 2.45) is 5.41 Å². The number of thiazole rings is 1. The molecule has 8 atom stereocenters.